The SMILES string of the molecule is C[C@@H]1C[C@H](C)CN(C(=O)Cc2ccc(Br)cc2)C1. The largest absolute Gasteiger partial charge is 0.342 e. The molecule has 1 aliphatic rings. The zero-order valence-electron chi connectivity index (χ0n) is 11.0. The van der Waals surface area contributed by atoms with Gasteiger partial charge >= 0.3 is 0 Å². The van der Waals surface area contributed by atoms with E-state index in [-0.39, 0.29) is 5.91 Å². The van der Waals surface area contributed by atoms with E-state index in [2.05, 4.69) is 29.8 Å². The lowest BCUT2D eigenvalue weighted by atomic mass is 9.91. The fraction of sp³-hybridized carbons (Fsp3) is 0.533. The molecule has 0 N–H and O–H groups in total. The molecule has 2 atom stereocenters. The topological polar surface area (TPSA) is 20.3 Å². The molecule has 0 unspecified atom stereocenters. The summed E-state index contributed by atoms with van der Waals surface area (Å²) in [5, 5.41) is 0. The molecule has 2 nitrogen and oxygen atoms in total. The second kappa shape index (κ2) is 5.87. The van der Waals surface area contributed by atoms with Crippen LogP contribution >= 0.6 is 15.9 Å². The first-order valence-corrected chi connectivity index (χ1v) is 7.36. The monoisotopic (exact) mass is 309 g/mol. The number of carbonyl (C=O) groups excluding carboxylic acids is 1. The summed E-state index contributed by atoms with van der Waals surface area (Å²) in [7, 11) is 0. The van der Waals surface area contributed by atoms with Crippen molar-refractivity contribution in [1.29, 1.82) is 0 Å². The van der Waals surface area contributed by atoms with Crippen molar-refractivity contribution in [2.24, 2.45) is 11.8 Å². The van der Waals surface area contributed by atoms with Crippen LogP contribution in [0.1, 0.15) is 25.8 Å². The maximum Gasteiger partial charge on any atom is 0.227 e. The van der Waals surface area contributed by atoms with Gasteiger partial charge in [0.05, 0.1) is 6.42 Å². The molecule has 1 aromatic carbocycles. The van der Waals surface area contributed by atoms with E-state index in [4.69, 9.17) is 0 Å². The van der Waals surface area contributed by atoms with Crippen molar-refractivity contribution >= 4 is 21.8 Å². The molecule has 0 spiro atoms. The molecule has 1 aliphatic heterocycles. The second-order valence-electron chi connectivity index (χ2n) is 5.55. The summed E-state index contributed by atoms with van der Waals surface area (Å²) >= 11 is 3.41. The fourth-order valence-electron chi connectivity index (χ4n) is 2.76. The normalized spacial score (nSPS) is 24.1. The van der Waals surface area contributed by atoms with Crippen LogP contribution in [-0.4, -0.2) is 23.9 Å². The van der Waals surface area contributed by atoms with E-state index >= 15 is 0 Å². The van der Waals surface area contributed by atoms with Gasteiger partial charge in [0.1, 0.15) is 0 Å². The predicted molar refractivity (Wildman–Crippen MR) is 77.4 cm³/mol. The molecule has 1 heterocycles. The molecule has 1 saturated heterocycles. The van der Waals surface area contributed by atoms with Gasteiger partial charge in [0.15, 0.2) is 0 Å². The van der Waals surface area contributed by atoms with Gasteiger partial charge in [-0.2, -0.15) is 0 Å². The van der Waals surface area contributed by atoms with Crippen LogP contribution in [0.5, 0.6) is 0 Å². The van der Waals surface area contributed by atoms with Crippen molar-refractivity contribution in [3.05, 3.63) is 34.3 Å². The number of piperidine rings is 1. The Morgan fingerprint density at radius 1 is 1.22 bits per heavy atom. The summed E-state index contributed by atoms with van der Waals surface area (Å²) in [5.74, 6) is 1.51. The molecule has 0 radical (unpaired) electrons. The smallest absolute Gasteiger partial charge is 0.227 e. The van der Waals surface area contributed by atoms with Gasteiger partial charge in [-0.3, -0.25) is 4.79 Å². The molecular formula is C15H20BrNO. The van der Waals surface area contributed by atoms with Gasteiger partial charge in [-0.15, -0.1) is 0 Å². The summed E-state index contributed by atoms with van der Waals surface area (Å²) in [6.07, 6.45) is 1.76. The Balaban J connectivity index is 1.97. The lowest BCUT2D eigenvalue weighted by Gasteiger charge is -2.35. The highest BCUT2D eigenvalue weighted by Gasteiger charge is 2.25. The van der Waals surface area contributed by atoms with E-state index in [1.807, 2.05) is 29.2 Å². The van der Waals surface area contributed by atoms with Gasteiger partial charge < -0.3 is 4.90 Å². The first-order valence-electron chi connectivity index (χ1n) is 6.57. The quantitative estimate of drug-likeness (QED) is 0.819. The Labute approximate surface area is 117 Å². The Morgan fingerprint density at radius 2 is 1.78 bits per heavy atom. The molecule has 2 rings (SSSR count). The minimum atomic E-state index is 0.260. The van der Waals surface area contributed by atoms with Crippen LogP contribution in [0.25, 0.3) is 0 Å². The summed E-state index contributed by atoms with van der Waals surface area (Å²) in [6, 6.07) is 8.01. The van der Waals surface area contributed by atoms with E-state index in [0.717, 1.165) is 23.1 Å². The van der Waals surface area contributed by atoms with Crippen molar-refractivity contribution in [3.63, 3.8) is 0 Å². The third kappa shape index (κ3) is 3.58. The molecular weight excluding hydrogens is 290 g/mol. The third-order valence-corrected chi connectivity index (χ3v) is 4.02. The molecule has 0 saturated carbocycles. The van der Waals surface area contributed by atoms with E-state index in [1.165, 1.54) is 6.42 Å². The maximum absolute atomic E-state index is 12.3. The number of halogens is 1. The average Bonchev–Trinajstić information content (AvgIpc) is 2.31. The Morgan fingerprint density at radius 3 is 2.33 bits per heavy atom. The van der Waals surface area contributed by atoms with E-state index in [1.54, 1.807) is 0 Å². The lowest BCUT2D eigenvalue weighted by Crippen LogP contribution is -2.43. The van der Waals surface area contributed by atoms with Gasteiger partial charge in [0.25, 0.3) is 0 Å². The van der Waals surface area contributed by atoms with Crippen LogP contribution in [0.3, 0.4) is 0 Å². The third-order valence-electron chi connectivity index (χ3n) is 3.49. The molecule has 1 amide bonds. The van der Waals surface area contributed by atoms with Gasteiger partial charge in [-0.1, -0.05) is 41.9 Å². The molecule has 0 bridgehead atoms. The molecule has 3 heteroatoms. The van der Waals surface area contributed by atoms with Gasteiger partial charge in [-0.05, 0) is 36.0 Å². The van der Waals surface area contributed by atoms with Crippen LogP contribution in [0.4, 0.5) is 0 Å². The summed E-state index contributed by atoms with van der Waals surface area (Å²) in [6.45, 7) is 6.30. The molecule has 1 aromatic rings. The van der Waals surface area contributed by atoms with Crippen molar-refractivity contribution in [2.75, 3.05) is 13.1 Å². The number of hydrogen-bond donors (Lipinski definition) is 0. The number of nitrogens with zero attached hydrogens (tertiary/aromatic N) is 1. The molecule has 18 heavy (non-hydrogen) atoms. The first kappa shape index (κ1) is 13.6. The van der Waals surface area contributed by atoms with Crippen molar-refractivity contribution < 1.29 is 4.79 Å². The molecule has 98 valence electrons. The molecule has 1 fully saturated rings. The Kier molecular flexibility index (Phi) is 4.44. The van der Waals surface area contributed by atoms with Gasteiger partial charge in [-0.25, -0.2) is 0 Å². The number of benzene rings is 1. The standard InChI is InChI=1S/C15H20BrNO/c1-11-7-12(2)10-17(9-11)15(18)8-13-3-5-14(16)6-4-13/h3-6,11-12H,7-10H2,1-2H3/t11-,12+. The predicted octanol–water partition coefficient (Wildman–Crippen LogP) is 3.50. The van der Waals surface area contributed by atoms with Crippen molar-refractivity contribution in [2.45, 2.75) is 26.7 Å². The number of hydrogen-bond acceptors (Lipinski definition) is 1. The van der Waals surface area contributed by atoms with Crippen LogP contribution in [0, 0.1) is 11.8 Å². The van der Waals surface area contributed by atoms with E-state index < -0.39 is 0 Å². The number of rotatable bonds is 2. The van der Waals surface area contributed by atoms with Gasteiger partial charge in [0, 0.05) is 17.6 Å². The minimum absolute atomic E-state index is 0.260. The van der Waals surface area contributed by atoms with Gasteiger partial charge in [0.2, 0.25) is 5.91 Å². The zero-order valence-corrected chi connectivity index (χ0v) is 12.6. The van der Waals surface area contributed by atoms with E-state index in [9.17, 15) is 4.79 Å². The minimum Gasteiger partial charge on any atom is -0.342 e. The fourth-order valence-corrected chi connectivity index (χ4v) is 3.02. The van der Waals surface area contributed by atoms with Crippen molar-refractivity contribution in [3.8, 4) is 0 Å². The highest BCUT2D eigenvalue weighted by molar-refractivity contribution is 9.10. The number of likely N-dealkylation sites (tertiary alicyclic amines) is 1. The maximum atomic E-state index is 12.3. The van der Waals surface area contributed by atoms with Crippen LogP contribution < -0.4 is 0 Å². The van der Waals surface area contributed by atoms with Crippen LogP contribution in [0.2, 0.25) is 0 Å². The number of carbonyl (C=O) groups is 1. The highest BCUT2D eigenvalue weighted by Crippen LogP contribution is 2.21. The van der Waals surface area contributed by atoms with Crippen LogP contribution in [-0.2, 0) is 11.2 Å². The summed E-state index contributed by atoms with van der Waals surface area (Å²) in [5.41, 5.74) is 1.09. The highest BCUT2D eigenvalue weighted by atomic mass is 79.9. The Bertz CT molecular complexity index is 405. The average molecular weight is 310 g/mol. The number of amides is 1. The zero-order chi connectivity index (χ0) is 13.1. The summed E-state index contributed by atoms with van der Waals surface area (Å²) < 4.78 is 1.05. The van der Waals surface area contributed by atoms with Crippen molar-refractivity contribution in [1.82, 2.24) is 4.90 Å². The Hall–Kier alpha value is -0.830. The van der Waals surface area contributed by atoms with E-state index in [0.29, 0.717) is 18.3 Å². The van der Waals surface area contributed by atoms with Crippen LogP contribution in [0.15, 0.2) is 28.7 Å². The second-order valence-corrected chi connectivity index (χ2v) is 6.46. The molecule has 0 aromatic heterocycles. The lowest BCUT2D eigenvalue weighted by molar-refractivity contribution is -0.133. The summed E-state index contributed by atoms with van der Waals surface area (Å²) in [4.78, 5) is 14.3. The first-order chi connectivity index (χ1) is 8.54. The molecule has 0 aliphatic carbocycles.